The predicted octanol–water partition coefficient (Wildman–Crippen LogP) is 6.85. The van der Waals surface area contributed by atoms with Crippen LogP contribution >= 0.6 is 0 Å². The number of aliphatic hydroxyl groups is 1. The maximum Gasteiger partial charge on any atom is 0.408 e. The van der Waals surface area contributed by atoms with Crippen LogP contribution in [0, 0.1) is 5.92 Å². The number of aliphatic hydroxyl groups excluding tert-OH is 1. The molecular formula is C46H52N4O8. The molecule has 304 valence electrons. The van der Waals surface area contributed by atoms with Gasteiger partial charge in [0.15, 0.2) is 0 Å². The summed E-state index contributed by atoms with van der Waals surface area (Å²) in [6.45, 7) is 4.19. The maximum absolute atomic E-state index is 13.3. The number of hydrogen-bond acceptors (Lipinski definition) is 9. The zero-order chi connectivity index (χ0) is 40.4. The van der Waals surface area contributed by atoms with Gasteiger partial charge in [0, 0.05) is 24.5 Å². The summed E-state index contributed by atoms with van der Waals surface area (Å²) in [5.74, 6) is 0.0301. The van der Waals surface area contributed by atoms with E-state index in [4.69, 9.17) is 9.47 Å². The van der Waals surface area contributed by atoms with Crippen LogP contribution in [0.3, 0.4) is 0 Å². The summed E-state index contributed by atoms with van der Waals surface area (Å²) in [5, 5.41) is 37.8. The van der Waals surface area contributed by atoms with Gasteiger partial charge in [-0.05, 0) is 116 Å². The molecule has 1 amide bonds. The number of rotatable bonds is 18. The average Bonchev–Trinajstić information content (AvgIpc) is 3.24. The highest BCUT2D eigenvalue weighted by molar-refractivity contribution is 5.89. The standard InChI is InChI=1S/C46H52N4O8/c51-39-18-16-37(38-17-19-42(53)48-44(38)39)40(52)27-47-22-7-2-1-4-11-33-25-30(14-15-36(33)45(54)55)29-57-35-13-8-12-34(26-35)43(32-9-5-3-6-10-32)49-46(56)58-41-28-50-23-20-31(41)21-24-50/h3,5-6,8-10,12-19,25-26,31,40-41,43,47,51-52H,1-2,4,7,11,20-24,27-29H2,(H,48,53)(H,49,56)(H,54,55). The number of carboxylic acids is 1. The lowest BCUT2D eigenvalue weighted by atomic mass is 9.86. The van der Waals surface area contributed by atoms with E-state index in [0.29, 0.717) is 47.6 Å². The molecule has 6 N–H and O–H groups in total. The number of amides is 1. The van der Waals surface area contributed by atoms with E-state index in [-0.39, 0.29) is 29.6 Å². The molecule has 3 aliphatic heterocycles. The zero-order valence-electron chi connectivity index (χ0n) is 32.6. The zero-order valence-corrected chi connectivity index (χ0v) is 32.6. The monoisotopic (exact) mass is 788 g/mol. The van der Waals surface area contributed by atoms with Gasteiger partial charge in [-0.25, -0.2) is 9.59 Å². The molecule has 3 saturated heterocycles. The van der Waals surface area contributed by atoms with Crippen LogP contribution in [-0.2, 0) is 17.8 Å². The fourth-order valence-electron chi connectivity index (χ4n) is 8.26. The highest BCUT2D eigenvalue weighted by Crippen LogP contribution is 2.32. The number of piperidine rings is 3. The van der Waals surface area contributed by atoms with Crippen molar-refractivity contribution in [2.75, 3.05) is 32.7 Å². The van der Waals surface area contributed by atoms with Crippen LogP contribution in [0.2, 0.25) is 0 Å². The molecule has 4 aromatic carbocycles. The van der Waals surface area contributed by atoms with Crippen molar-refractivity contribution in [3.8, 4) is 11.5 Å². The van der Waals surface area contributed by atoms with Gasteiger partial charge in [-0.15, -0.1) is 0 Å². The number of aryl methyl sites for hydroxylation is 1. The number of hydrogen-bond donors (Lipinski definition) is 6. The molecule has 58 heavy (non-hydrogen) atoms. The van der Waals surface area contributed by atoms with E-state index in [1.54, 1.807) is 24.3 Å². The number of carbonyl (C=O) groups is 2. The summed E-state index contributed by atoms with van der Waals surface area (Å²) in [4.78, 5) is 42.0. The molecule has 3 aliphatic rings. The van der Waals surface area contributed by atoms with Gasteiger partial charge < -0.3 is 40.4 Å². The summed E-state index contributed by atoms with van der Waals surface area (Å²) in [5.41, 5.74) is 4.29. The second-order valence-electron chi connectivity index (χ2n) is 15.4. The number of aromatic carboxylic acids is 1. The number of H-pyrrole nitrogens is 1. The molecule has 3 atom stereocenters. The van der Waals surface area contributed by atoms with Gasteiger partial charge in [-0.3, -0.25) is 9.69 Å². The Labute approximate surface area is 337 Å². The van der Waals surface area contributed by atoms with Gasteiger partial charge in [0.25, 0.3) is 0 Å². The smallest absolute Gasteiger partial charge is 0.408 e. The van der Waals surface area contributed by atoms with E-state index >= 15 is 0 Å². The normalized spacial score (nSPS) is 18.4. The van der Waals surface area contributed by atoms with Crippen molar-refractivity contribution in [3.05, 3.63) is 141 Å². The first-order chi connectivity index (χ1) is 28.2. The lowest BCUT2D eigenvalue weighted by Gasteiger charge is -2.43. The number of aromatic nitrogens is 1. The number of carboxylic acid groups (broad SMARTS) is 1. The number of aromatic amines is 1. The topological polar surface area (TPSA) is 173 Å². The summed E-state index contributed by atoms with van der Waals surface area (Å²) < 4.78 is 12.2. The van der Waals surface area contributed by atoms with E-state index in [1.165, 1.54) is 12.1 Å². The number of ether oxygens (including phenoxy) is 2. The van der Waals surface area contributed by atoms with E-state index in [9.17, 15) is 29.7 Å². The van der Waals surface area contributed by atoms with Gasteiger partial charge in [-0.2, -0.15) is 0 Å². The Bertz CT molecular complexity index is 2240. The van der Waals surface area contributed by atoms with Crippen molar-refractivity contribution < 1.29 is 34.4 Å². The number of nitrogens with one attached hydrogen (secondary N) is 3. The molecule has 5 aromatic rings. The van der Waals surface area contributed by atoms with Gasteiger partial charge in [0.2, 0.25) is 5.56 Å². The minimum atomic E-state index is -0.961. The Morgan fingerprint density at radius 3 is 2.45 bits per heavy atom. The number of phenols is 1. The molecule has 8 rings (SSSR count). The lowest BCUT2D eigenvalue weighted by molar-refractivity contribution is -0.0336. The first-order valence-electron chi connectivity index (χ1n) is 20.3. The van der Waals surface area contributed by atoms with Crippen LogP contribution in [0.4, 0.5) is 4.79 Å². The lowest BCUT2D eigenvalue weighted by Crippen LogP contribution is -2.52. The molecule has 0 saturated carbocycles. The quantitative estimate of drug-likeness (QED) is 0.0516. The number of phenolic OH excluding ortho intramolecular Hbond substituents is 1. The van der Waals surface area contributed by atoms with E-state index in [1.807, 2.05) is 60.7 Å². The van der Waals surface area contributed by atoms with Crippen molar-refractivity contribution in [1.82, 2.24) is 20.5 Å². The van der Waals surface area contributed by atoms with E-state index < -0.39 is 24.2 Å². The Hall–Kier alpha value is -5.69. The van der Waals surface area contributed by atoms with Crippen LogP contribution in [-0.4, -0.2) is 76.1 Å². The van der Waals surface area contributed by atoms with Crippen LogP contribution in [0.25, 0.3) is 10.9 Å². The van der Waals surface area contributed by atoms with Crippen molar-refractivity contribution in [2.24, 2.45) is 5.92 Å². The van der Waals surface area contributed by atoms with Gasteiger partial charge in [-0.1, -0.05) is 73.5 Å². The highest BCUT2D eigenvalue weighted by Gasteiger charge is 2.37. The molecule has 2 bridgehead atoms. The molecule has 0 spiro atoms. The van der Waals surface area contributed by atoms with Crippen molar-refractivity contribution in [3.63, 3.8) is 0 Å². The molecule has 3 unspecified atom stereocenters. The summed E-state index contributed by atoms with van der Waals surface area (Å²) in [6.07, 6.45) is 4.94. The van der Waals surface area contributed by atoms with Crippen LogP contribution in [0.1, 0.15) is 88.8 Å². The van der Waals surface area contributed by atoms with Crippen molar-refractivity contribution in [1.29, 1.82) is 0 Å². The molecule has 12 nitrogen and oxygen atoms in total. The molecule has 0 aliphatic carbocycles. The largest absolute Gasteiger partial charge is 0.506 e. The first kappa shape index (κ1) is 40.5. The number of benzene rings is 4. The molecule has 1 aromatic heterocycles. The predicted molar refractivity (Wildman–Crippen MR) is 221 cm³/mol. The average molecular weight is 789 g/mol. The minimum absolute atomic E-state index is 0.0458. The molecular weight excluding hydrogens is 737 g/mol. The number of alkyl carbamates (subject to hydrolysis) is 1. The van der Waals surface area contributed by atoms with Crippen LogP contribution in [0.15, 0.2) is 102 Å². The van der Waals surface area contributed by atoms with E-state index in [2.05, 4.69) is 20.5 Å². The summed E-state index contributed by atoms with van der Waals surface area (Å²) >= 11 is 0. The second kappa shape index (κ2) is 19.2. The third-order valence-electron chi connectivity index (χ3n) is 11.4. The van der Waals surface area contributed by atoms with Gasteiger partial charge >= 0.3 is 12.1 Å². The summed E-state index contributed by atoms with van der Waals surface area (Å²) in [7, 11) is 0. The SMILES string of the molecule is O=C(NC(c1ccccc1)c1cccc(OCc2ccc(C(=O)O)c(CCCCCCNCC(O)c3ccc(O)c4[nH]c(=O)ccc34)c2)c1)OC1CN2CCC1CC2. The fraction of sp³-hybridized carbons (Fsp3) is 0.370. The number of aromatic hydroxyl groups is 1. The third-order valence-corrected chi connectivity index (χ3v) is 11.4. The third kappa shape index (κ3) is 10.2. The second-order valence-corrected chi connectivity index (χ2v) is 15.4. The first-order valence-corrected chi connectivity index (χ1v) is 20.3. The van der Waals surface area contributed by atoms with Gasteiger partial charge in [0.05, 0.1) is 23.2 Å². The number of unbranched alkanes of at least 4 members (excludes halogenated alkanes) is 3. The minimum Gasteiger partial charge on any atom is -0.506 e. The number of pyridine rings is 1. The van der Waals surface area contributed by atoms with Crippen molar-refractivity contribution in [2.45, 2.75) is 69.8 Å². The number of nitrogens with zero attached hydrogens (tertiary/aromatic N) is 1. The molecule has 0 radical (unpaired) electrons. The Morgan fingerprint density at radius 2 is 1.67 bits per heavy atom. The Balaban J connectivity index is 0.893. The van der Waals surface area contributed by atoms with Crippen LogP contribution in [0.5, 0.6) is 11.5 Å². The maximum atomic E-state index is 13.3. The highest BCUT2D eigenvalue weighted by atomic mass is 16.6. The van der Waals surface area contributed by atoms with Crippen molar-refractivity contribution >= 4 is 23.0 Å². The Kier molecular flexibility index (Phi) is 13.4. The summed E-state index contributed by atoms with van der Waals surface area (Å²) in [6, 6.07) is 28.5. The molecule has 12 heteroatoms. The Morgan fingerprint density at radius 1 is 0.879 bits per heavy atom. The van der Waals surface area contributed by atoms with Crippen LogP contribution < -0.4 is 20.9 Å². The number of carbonyl (C=O) groups excluding carboxylic acids is 1. The number of fused-ring (bicyclic) bond motifs is 4. The molecule has 4 heterocycles. The molecule has 3 fully saturated rings. The van der Waals surface area contributed by atoms with E-state index in [0.717, 1.165) is 80.4 Å². The fourth-order valence-corrected chi connectivity index (χ4v) is 8.26. The van der Waals surface area contributed by atoms with Gasteiger partial charge in [0.1, 0.15) is 24.2 Å².